The van der Waals surface area contributed by atoms with Crippen molar-refractivity contribution in [2.75, 3.05) is 19.6 Å². The third kappa shape index (κ3) is 7.17. The van der Waals surface area contributed by atoms with Crippen LogP contribution in [0.3, 0.4) is 0 Å². The molecule has 0 radical (unpaired) electrons. The highest BCUT2D eigenvalue weighted by molar-refractivity contribution is 7.91. The Kier molecular flexibility index (Phi) is 9.47. The summed E-state index contributed by atoms with van der Waals surface area (Å²) < 4.78 is 27.5. The average molecular weight is 513 g/mol. The number of hydrogen-bond acceptors (Lipinski definition) is 6. The lowest BCUT2D eigenvalue weighted by Crippen LogP contribution is -2.55. The minimum Gasteiger partial charge on any atom is -0.403 e. The number of hydrogen-bond donors (Lipinski definition) is 2. The summed E-state index contributed by atoms with van der Waals surface area (Å²) in [6.07, 6.45) is 3.22. The van der Waals surface area contributed by atoms with Crippen LogP contribution in [0.2, 0.25) is 0 Å². The topological polar surface area (TPSA) is 95.7 Å². The van der Waals surface area contributed by atoms with E-state index in [1.807, 2.05) is 56.3 Å². The predicted octanol–water partition coefficient (Wildman–Crippen LogP) is 3.80. The van der Waals surface area contributed by atoms with Gasteiger partial charge in [0.15, 0.2) is 0 Å². The molecule has 7 nitrogen and oxygen atoms in total. The normalized spacial score (nSPS) is 16.5. The Hall–Kier alpha value is -3.14. The molecular weight excluding hydrogens is 480 g/mol. The maximum atomic E-state index is 12.8. The third-order valence-electron chi connectivity index (χ3n) is 5.52. The average Bonchev–Trinajstić information content (AvgIpc) is 3.32. The van der Waals surface area contributed by atoms with Gasteiger partial charge in [0.25, 0.3) is 15.9 Å². The van der Waals surface area contributed by atoms with Crippen LogP contribution in [0.15, 0.2) is 89.4 Å². The van der Waals surface area contributed by atoms with Gasteiger partial charge in [0.1, 0.15) is 4.21 Å². The van der Waals surface area contributed by atoms with Crippen LogP contribution in [0.25, 0.3) is 0 Å². The molecule has 1 aromatic heterocycles. The number of benzene rings is 2. The molecule has 35 heavy (non-hydrogen) atoms. The van der Waals surface area contributed by atoms with Gasteiger partial charge >= 0.3 is 0 Å². The van der Waals surface area contributed by atoms with E-state index in [2.05, 4.69) is 17.4 Å². The Morgan fingerprint density at radius 2 is 1.71 bits per heavy atom. The molecule has 0 saturated carbocycles. The molecule has 0 bridgehead atoms. The van der Waals surface area contributed by atoms with Crippen LogP contribution in [-0.2, 0) is 16.6 Å². The molecule has 4 rings (SSSR count). The van der Waals surface area contributed by atoms with Gasteiger partial charge in [0, 0.05) is 55.1 Å². The van der Waals surface area contributed by atoms with Gasteiger partial charge in [-0.3, -0.25) is 4.79 Å². The minimum absolute atomic E-state index is 0.0496. The van der Waals surface area contributed by atoms with Crippen LogP contribution in [0.1, 0.15) is 27.7 Å². The highest BCUT2D eigenvalue weighted by Gasteiger charge is 2.36. The molecule has 1 fully saturated rings. The second-order valence-electron chi connectivity index (χ2n) is 8.17. The monoisotopic (exact) mass is 512 g/mol. The van der Waals surface area contributed by atoms with E-state index >= 15 is 0 Å². The summed E-state index contributed by atoms with van der Waals surface area (Å²) >= 11 is 1.28. The summed E-state index contributed by atoms with van der Waals surface area (Å²) in [4.78, 5) is 15.2. The second kappa shape index (κ2) is 12.5. The van der Waals surface area contributed by atoms with Gasteiger partial charge in [0.2, 0.25) is 0 Å². The van der Waals surface area contributed by atoms with Gasteiger partial charge in [-0.05, 0) is 43.7 Å². The lowest BCUT2D eigenvalue weighted by molar-refractivity contribution is 0.0642. The van der Waals surface area contributed by atoms with Crippen LogP contribution in [0.4, 0.5) is 0 Å². The summed E-state index contributed by atoms with van der Waals surface area (Å²) in [6.45, 7) is 5.69. The molecule has 0 spiro atoms. The van der Waals surface area contributed by atoms with Gasteiger partial charge in [-0.2, -0.15) is 4.31 Å². The maximum absolute atomic E-state index is 12.8. The predicted molar refractivity (Wildman–Crippen MR) is 141 cm³/mol. The van der Waals surface area contributed by atoms with E-state index < -0.39 is 10.0 Å². The molecule has 1 unspecified atom stereocenters. The fourth-order valence-corrected chi connectivity index (χ4v) is 6.78. The number of rotatable bonds is 6. The van der Waals surface area contributed by atoms with Crippen LogP contribution in [0, 0.1) is 6.92 Å². The highest BCUT2D eigenvalue weighted by atomic mass is 32.2. The van der Waals surface area contributed by atoms with Crippen LogP contribution < -0.4 is 11.1 Å². The summed E-state index contributed by atoms with van der Waals surface area (Å²) in [7, 11) is -3.49. The van der Waals surface area contributed by atoms with Crippen LogP contribution >= 0.6 is 11.3 Å². The molecule has 3 N–H and O–H groups in total. The zero-order chi connectivity index (χ0) is 25.3. The number of thiophene rings is 1. The van der Waals surface area contributed by atoms with Gasteiger partial charge in [0.05, 0.1) is 0 Å². The van der Waals surface area contributed by atoms with E-state index in [-0.39, 0.29) is 11.9 Å². The molecule has 3 aromatic rings. The number of carbonyl (C=O) groups excluding carboxylic acids is 1. The van der Waals surface area contributed by atoms with Crippen molar-refractivity contribution < 1.29 is 13.2 Å². The van der Waals surface area contributed by atoms with Crippen LogP contribution in [0.5, 0.6) is 0 Å². The SMILES string of the molecule is Cc1ccc(S(=O)(=O)N2CCN(C(=O)c3ccccc3)CC2C)s1.N/C=C\NCc1ccccc1. The molecule has 1 aliphatic heterocycles. The van der Waals surface area contributed by atoms with Gasteiger partial charge in [-0.15, -0.1) is 11.3 Å². The van der Waals surface area contributed by atoms with Crippen molar-refractivity contribution in [1.29, 1.82) is 0 Å². The number of aryl methyl sites for hydroxylation is 1. The summed E-state index contributed by atoms with van der Waals surface area (Å²) in [6, 6.07) is 22.5. The molecule has 1 amide bonds. The van der Waals surface area contributed by atoms with E-state index in [0.29, 0.717) is 29.4 Å². The Morgan fingerprint density at radius 3 is 2.29 bits per heavy atom. The van der Waals surface area contributed by atoms with Crippen molar-refractivity contribution >= 4 is 27.3 Å². The smallest absolute Gasteiger partial charge is 0.253 e. The summed E-state index contributed by atoms with van der Waals surface area (Å²) in [5.74, 6) is -0.0496. The van der Waals surface area contributed by atoms with E-state index in [0.717, 1.165) is 11.4 Å². The van der Waals surface area contributed by atoms with Gasteiger partial charge in [-0.1, -0.05) is 48.5 Å². The Morgan fingerprint density at radius 1 is 1.06 bits per heavy atom. The number of sulfonamides is 1. The molecule has 9 heteroatoms. The van der Waals surface area contributed by atoms with Crippen molar-refractivity contribution in [2.45, 2.75) is 30.6 Å². The Labute approximate surface area is 211 Å². The second-order valence-corrected chi connectivity index (χ2v) is 11.6. The first-order valence-corrected chi connectivity index (χ1v) is 13.6. The lowest BCUT2D eigenvalue weighted by atomic mass is 10.1. The number of amides is 1. The first-order chi connectivity index (χ1) is 16.8. The molecule has 2 aromatic carbocycles. The molecular formula is C26H32N4O3S2. The van der Waals surface area contributed by atoms with Crippen molar-refractivity contribution in [3.63, 3.8) is 0 Å². The molecule has 1 saturated heterocycles. The number of piperazine rings is 1. The first-order valence-electron chi connectivity index (χ1n) is 11.4. The quantitative estimate of drug-likeness (QED) is 0.524. The fourth-order valence-electron chi connectivity index (χ4n) is 3.75. The zero-order valence-electron chi connectivity index (χ0n) is 20.0. The first kappa shape index (κ1) is 26.5. The number of nitrogens with zero attached hydrogens (tertiary/aromatic N) is 2. The highest BCUT2D eigenvalue weighted by Crippen LogP contribution is 2.27. The van der Waals surface area contributed by atoms with E-state index in [9.17, 15) is 13.2 Å². The molecule has 2 heterocycles. The third-order valence-corrected chi connectivity index (χ3v) is 9.00. The maximum Gasteiger partial charge on any atom is 0.253 e. The fraction of sp³-hybridized carbons (Fsp3) is 0.269. The zero-order valence-corrected chi connectivity index (χ0v) is 21.6. The van der Waals surface area contributed by atoms with E-state index in [4.69, 9.17) is 5.73 Å². The summed E-state index contributed by atoms with van der Waals surface area (Å²) in [5.41, 5.74) is 7.04. The van der Waals surface area contributed by atoms with Crippen molar-refractivity contribution in [1.82, 2.24) is 14.5 Å². The van der Waals surface area contributed by atoms with Gasteiger partial charge < -0.3 is 16.0 Å². The molecule has 186 valence electrons. The Balaban J connectivity index is 0.000000261. The van der Waals surface area contributed by atoms with Crippen molar-refractivity contribution in [2.24, 2.45) is 5.73 Å². The molecule has 1 aliphatic rings. The summed E-state index contributed by atoms with van der Waals surface area (Å²) in [5, 5.41) is 3.05. The number of carbonyl (C=O) groups is 1. The van der Waals surface area contributed by atoms with E-state index in [1.54, 1.807) is 29.3 Å². The van der Waals surface area contributed by atoms with Crippen molar-refractivity contribution in [3.8, 4) is 0 Å². The van der Waals surface area contributed by atoms with Crippen molar-refractivity contribution in [3.05, 3.63) is 101 Å². The Bertz CT molecular complexity index is 1210. The number of nitrogens with two attached hydrogens (primary N) is 1. The molecule has 1 atom stereocenters. The number of nitrogens with one attached hydrogen (secondary N) is 1. The largest absolute Gasteiger partial charge is 0.403 e. The molecule has 0 aliphatic carbocycles. The van der Waals surface area contributed by atoms with Gasteiger partial charge in [-0.25, -0.2) is 8.42 Å². The van der Waals surface area contributed by atoms with E-state index in [1.165, 1.54) is 27.4 Å². The minimum atomic E-state index is -3.49. The lowest BCUT2D eigenvalue weighted by Gasteiger charge is -2.38. The standard InChI is InChI=1S/C17H20N2O3S2.C9H12N2/c1-13-12-18(17(20)15-6-4-3-5-7-15)10-11-19(13)24(21,22)16-9-8-14(2)23-16;10-6-7-11-8-9-4-2-1-3-5-9/h3-9,13H,10-12H2,1-2H3;1-7,11H,8,10H2/b;7-6-. The van der Waals surface area contributed by atoms with Crippen LogP contribution in [-0.4, -0.2) is 49.2 Å².